The fourth-order valence-electron chi connectivity index (χ4n) is 4.72. The van der Waals surface area contributed by atoms with Crippen molar-refractivity contribution in [2.45, 2.75) is 50.4 Å². The van der Waals surface area contributed by atoms with Gasteiger partial charge < -0.3 is 9.64 Å². The first-order valence-corrected chi connectivity index (χ1v) is 6.64. The van der Waals surface area contributed by atoms with Crippen LogP contribution in [0.1, 0.15) is 39.0 Å². The van der Waals surface area contributed by atoms with Crippen LogP contribution in [-0.4, -0.2) is 34.5 Å². The summed E-state index contributed by atoms with van der Waals surface area (Å²) in [4.78, 5) is 26.2. The van der Waals surface area contributed by atoms with Crippen LogP contribution in [-0.2, 0) is 14.3 Å². The molecule has 4 atom stereocenters. The summed E-state index contributed by atoms with van der Waals surface area (Å²) in [6, 6.07) is 0. The molecule has 0 radical (unpaired) electrons. The Hall–Kier alpha value is -0.900. The van der Waals surface area contributed by atoms with Gasteiger partial charge in [-0.1, -0.05) is 6.42 Å². The molecule has 3 saturated heterocycles. The second-order valence-electron chi connectivity index (χ2n) is 6.01. The summed E-state index contributed by atoms with van der Waals surface area (Å²) in [7, 11) is 0. The Labute approximate surface area is 100 Å². The number of carbonyl (C=O) groups is 2. The molecule has 4 rings (SSSR count). The smallest absolute Gasteiger partial charge is 0.264 e. The molecular weight excluding hydrogens is 218 g/mol. The van der Waals surface area contributed by atoms with E-state index in [-0.39, 0.29) is 17.4 Å². The van der Waals surface area contributed by atoms with Gasteiger partial charge in [0.2, 0.25) is 5.60 Å². The molecular formula is C13H17NO3. The zero-order valence-electron chi connectivity index (χ0n) is 10.1. The Morgan fingerprint density at radius 2 is 2.12 bits per heavy atom. The Bertz CT molecular complexity index is 434. The summed E-state index contributed by atoms with van der Waals surface area (Å²) in [5, 5.41) is 0. The Morgan fingerprint density at radius 3 is 2.88 bits per heavy atom. The molecule has 2 bridgehead atoms. The quantitative estimate of drug-likeness (QED) is 0.639. The van der Waals surface area contributed by atoms with Crippen LogP contribution in [0.15, 0.2) is 0 Å². The van der Waals surface area contributed by atoms with Gasteiger partial charge >= 0.3 is 0 Å². The van der Waals surface area contributed by atoms with Crippen molar-refractivity contribution in [2.24, 2.45) is 11.8 Å². The third-order valence-electron chi connectivity index (χ3n) is 5.43. The van der Waals surface area contributed by atoms with Crippen molar-refractivity contribution in [3.63, 3.8) is 0 Å². The van der Waals surface area contributed by atoms with E-state index in [1.165, 1.54) is 13.3 Å². The Morgan fingerprint density at radius 1 is 1.35 bits per heavy atom. The maximum absolute atomic E-state index is 12.4. The normalized spacial score (nSPS) is 50.9. The highest BCUT2D eigenvalue weighted by molar-refractivity contribution is 6.11. The van der Waals surface area contributed by atoms with Crippen molar-refractivity contribution >= 4 is 11.7 Å². The first-order valence-electron chi connectivity index (χ1n) is 6.64. The van der Waals surface area contributed by atoms with Crippen LogP contribution in [0.3, 0.4) is 0 Å². The molecule has 4 heteroatoms. The lowest BCUT2D eigenvalue weighted by Crippen LogP contribution is -2.56. The fourth-order valence-corrected chi connectivity index (χ4v) is 4.72. The summed E-state index contributed by atoms with van der Waals surface area (Å²) >= 11 is 0. The van der Waals surface area contributed by atoms with Gasteiger partial charge in [0, 0.05) is 24.8 Å². The highest BCUT2D eigenvalue weighted by atomic mass is 16.6. The monoisotopic (exact) mass is 235 g/mol. The summed E-state index contributed by atoms with van der Waals surface area (Å²) in [5.41, 5.74) is -1.49. The van der Waals surface area contributed by atoms with Gasteiger partial charge in [-0.25, -0.2) is 0 Å². The summed E-state index contributed by atoms with van der Waals surface area (Å²) in [6.07, 6.45) is 5.16. The molecule has 3 heterocycles. The summed E-state index contributed by atoms with van der Waals surface area (Å²) in [6.45, 7) is 2.29. The van der Waals surface area contributed by atoms with E-state index in [0.717, 1.165) is 25.8 Å². The molecule has 92 valence electrons. The average Bonchev–Trinajstić information content (AvgIpc) is 2.88. The number of hydrogen-bond donors (Lipinski definition) is 0. The van der Waals surface area contributed by atoms with Crippen molar-refractivity contribution in [2.75, 3.05) is 6.54 Å². The number of ether oxygens (including phenoxy) is 1. The van der Waals surface area contributed by atoms with Gasteiger partial charge in [-0.05, 0) is 26.2 Å². The van der Waals surface area contributed by atoms with E-state index < -0.39 is 5.60 Å². The third-order valence-corrected chi connectivity index (χ3v) is 5.43. The second kappa shape index (κ2) is 2.74. The first kappa shape index (κ1) is 10.1. The molecule has 0 N–H and O–H groups in total. The average molecular weight is 235 g/mol. The molecule has 4 aliphatic rings. The van der Waals surface area contributed by atoms with Crippen LogP contribution in [0.2, 0.25) is 0 Å². The number of fused-ring (bicyclic) bond motifs is 1. The number of hydrogen-bond acceptors (Lipinski definition) is 3. The highest BCUT2D eigenvalue weighted by Crippen LogP contribution is 2.63. The van der Waals surface area contributed by atoms with Crippen LogP contribution in [0, 0.1) is 11.8 Å². The van der Waals surface area contributed by atoms with Crippen molar-refractivity contribution in [3.05, 3.63) is 0 Å². The van der Waals surface area contributed by atoms with Gasteiger partial charge in [0.1, 0.15) is 0 Å². The Balaban J connectivity index is 1.88. The van der Waals surface area contributed by atoms with Gasteiger partial charge in [-0.2, -0.15) is 0 Å². The van der Waals surface area contributed by atoms with Crippen LogP contribution in [0.25, 0.3) is 0 Å². The van der Waals surface area contributed by atoms with Crippen LogP contribution >= 0.6 is 0 Å². The zero-order valence-corrected chi connectivity index (χ0v) is 10.1. The van der Waals surface area contributed by atoms with Gasteiger partial charge in [0.25, 0.3) is 5.91 Å². The lowest BCUT2D eigenvalue weighted by atomic mass is 9.70. The van der Waals surface area contributed by atoms with Gasteiger partial charge in [0.15, 0.2) is 11.5 Å². The first-order chi connectivity index (χ1) is 8.11. The molecule has 4 nitrogen and oxygen atoms in total. The highest BCUT2D eigenvalue weighted by Gasteiger charge is 2.76. The third kappa shape index (κ3) is 0.854. The second-order valence-corrected chi connectivity index (χ2v) is 6.01. The van der Waals surface area contributed by atoms with Crippen LogP contribution in [0.4, 0.5) is 0 Å². The van der Waals surface area contributed by atoms with E-state index in [1.807, 2.05) is 4.90 Å². The van der Waals surface area contributed by atoms with E-state index in [0.29, 0.717) is 18.3 Å². The Kier molecular flexibility index (Phi) is 1.62. The minimum absolute atomic E-state index is 0.0503. The van der Waals surface area contributed by atoms with Gasteiger partial charge in [0.05, 0.1) is 0 Å². The fraction of sp³-hybridized carbons (Fsp3) is 0.846. The van der Waals surface area contributed by atoms with Gasteiger partial charge in [-0.15, -0.1) is 0 Å². The van der Waals surface area contributed by atoms with E-state index in [9.17, 15) is 9.59 Å². The standard InChI is InChI=1S/C13H17NO3/c1-8(15)12-7-10-4-2-3-9-5-6-14(11(12)16)13(9,10)17-12/h9-10H,2-7H2,1H3/t9-,10-,12-,13-/m1/s1. The van der Waals surface area contributed by atoms with Crippen molar-refractivity contribution < 1.29 is 14.3 Å². The van der Waals surface area contributed by atoms with Crippen molar-refractivity contribution in [1.82, 2.24) is 4.90 Å². The molecule has 0 unspecified atom stereocenters. The van der Waals surface area contributed by atoms with E-state index in [4.69, 9.17) is 4.74 Å². The van der Waals surface area contributed by atoms with Crippen molar-refractivity contribution in [1.29, 1.82) is 0 Å². The molecule has 17 heavy (non-hydrogen) atoms. The van der Waals surface area contributed by atoms with Crippen LogP contribution in [0.5, 0.6) is 0 Å². The number of rotatable bonds is 1. The number of Topliss-reactive ketones (excluding diaryl/α,β-unsaturated/α-hetero) is 1. The number of piperidine rings is 1. The molecule has 1 aliphatic carbocycles. The number of nitrogens with zero attached hydrogens (tertiary/aromatic N) is 1. The summed E-state index contributed by atoms with van der Waals surface area (Å²) < 4.78 is 6.14. The molecule has 0 aromatic rings. The topological polar surface area (TPSA) is 46.6 Å². The molecule has 1 saturated carbocycles. The molecule has 0 aromatic carbocycles. The van der Waals surface area contributed by atoms with E-state index in [2.05, 4.69) is 0 Å². The van der Waals surface area contributed by atoms with Gasteiger partial charge in [-0.3, -0.25) is 9.59 Å². The SMILES string of the molecule is CC(=O)[C@]12C[C@H]3CCC[C@@H]4CCN(C1=O)[C@@]43O2. The summed E-state index contributed by atoms with van der Waals surface area (Å²) in [5.74, 6) is 0.712. The van der Waals surface area contributed by atoms with Crippen LogP contribution < -0.4 is 0 Å². The number of amides is 1. The largest absolute Gasteiger partial charge is 0.331 e. The minimum Gasteiger partial charge on any atom is -0.331 e. The lowest BCUT2D eigenvalue weighted by molar-refractivity contribution is -0.154. The molecule has 4 fully saturated rings. The molecule has 3 aliphatic heterocycles. The zero-order chi connectivity index (χ0) is 11.8. The maximum Gasteiger partial charge on any atom is 0.264 e. The van der Waals surface area contributed by atoms with E-state index >= 15 is 0 Å². The maximum atomic E-state index is 12.4. The predicted octanol–water partition coefficient (Wildman–Crippen LogP) is 1.09. The molecule has 1 amide bonds. The predicted molar refractivity (Wildman–Crippen MR) is 59.0 cm³/mol. The number of ketones is 1. The molecule has 1 spiro atoms. The lowest BCUT2D eigenvalue weighted by Gasteiger charge is -2.43. The number of carbonyl (C=O) groups excluding carboxylic acids is 2. The minimum atomic E-state index is -1.10. The molecule has 0 aromatic heterocycles. The van der Waals surface area contributed by atoms with E-state index in [1.54, 1.807) is 0 Å². The van der Waals surface area contributed by atoms with Crippen molar-refractivity contribution in [3.8, 4) is 0 Å².